The van der Waals surface area contributed by atoms with Gasteiger partial charge in [0.05, 0.1) is 6.54 Å². The molecule has 0 saturated carbocycles. The predicted molar refractivity (Wildman–Crippen MR) is 99.9 cm³/mol. The normalized spacial score (nSPS) is 22.3. The van der Waals surface area contributed by atoms with E-state index in [1.807, 2.05) is 9.80 Å². The highest BCUT2D eigenvalue weighted by atomic mass is 16.4. The number of amides is 1. The van der Waals surface area contributed by atoms with Crippen molar-refractivity contribution in [3.63, 3.8) is 0 Å². The van der Waals surface area contributed by atoms with E-state index in [1.54, 1.807) is 0 Å². The minimum Gasteiger partial charge on any atom is -0.480 e. The molecule has 2 fully saturated rings. The zero-order chi connectivity index (χ0) is 18.5. The average molecular weight is 359 g/mol. The Hall–Kier alpha value is -1.92. The van der Waals surface area contributed by atoms with Crippen LogP contribution in [0.1, 0.15) is 30.4 Å². The Morgan fingerprint density at radius 2 is 1.81 bits per heavy atom. The zero-order valence-corrected chi connectivity index (χ0v) is 15.6. The molecular formula is C20H29N3O3. The molecule has 6 heteroatoms. The third-order valence-corrected chi connectivity index (χ3v) is 5.46. The number of aliphatic carboxylic acids is 1. The van der Waals surface area contributed by atoms with Gasteiger partial charge in [-0.25, -0.2) is 0 Å². The number of likely N-dealkylation sites (tertiary alicyclic amines) is 1. The minimum absolute atomic E-state index is 0.0651. The Balaban J connectivity index is 1.50. The van der Waals surface area contributed by atoms with Crippen LogP contribution in [0.3, 0.4) is 0 Å². The number of carboxylic acid groups (broad SMARTS) is 1. The first-order chi connectivity index (χ1) is 12.5. The maximum atomic E-state index is 12.7. The molecule has 0 bridgehead atoms. The quantitative estimate of drug-likeness (QED) is 0.865. The number of aryl methyl sites for hydroxylation is 1. The summed E-state index contributed by atoms with van der Waals surface area (Å²) in [4.78, 5) is 30.1. The Labute approximate surface area is 155 Å². The van der Waals surface area contributed by atoms with E-state index in [-0.39, 0.29) is 12.5 Å². The van der Waals surface area contributed by atoms with Crippen molar-refractivity contribution in [1.29, 1.82) is 0 Å². The summed E-state index contributed by atoms with van der Waals surface area (Å²) in [5.41, 5.74) is 2.57. The lowest BCUT2D eigenvalue weighted by Crippen LogP contribution is -2.45. The van der Waals surface area contributed by atoms with Gasteiger partial charge in [0.1, 0.15) is 6.04 Å². The van der Waals surface area contributed by atoms with Crippen LogP contribution < -0.4 is 0 Å². The maximum absolute atomic E-state index is 12.7. The fraction of sp³-hybridized carbons (Fsp3) is 0.600. The van der Waals surface area contributed by atoms with Gasteiger partial charge in [-0.3, -0.25) is 19.4 Å². The zero-order valence-electron chi connectivity index (χ0n) is 15.6. The molecule has 0 unspecified atom stereocenters. The largest absolute Gasteiger partial charge is 0.480 e. The summed E-state index contributed by atoms with van der Waals surface area (Å²) in [5, 5.41) is 9.27. The van der Waals surface area contributed by atoms with Gasteiger partial charge < -0.3 is 10.0 Å². The molecular weight excluding hydrogens is 330 g/mol. The molecule has 0 radical (unpaired) electrons. The number of rotatable bonds is 5. The van der Waals surface area contributed by atoms with Gasteiger partial charge in [0.15, 0.2) is 0 Å². The van der Waals surface area contributed by atoms with Crippen LogP contribution in [0.5, 0.6) is 0 Å². The SMILES string of the molecule is Cc1ccc(CN2CCCN(C(=O)CN3CCC[C@H]3C(=O)O)CC2)cc1. The number of carbonyl (C=O) groups is 2. The van der Waals surface area contributed by atoms with E-state index >= 15 is 0 Å². The summed E-state index contributed by atoms with van der Waals surface area (Å²) in [5.74, 6) is -0.745. The molecule has 1 aromatic rings. The highest BCUT2D eigenvalue weighted by Gasteiger charge is 2.32. The number of benzene rings is 1. The summed E-state index contributed by atoms with van der Waals surface area (Å²) >= 11 is 0. The minimum atomic E-state index is -0.810. The van der Waals surface area contributed by atoms with Crippen molar-refractivity contribution in [3.8, 4) is 0 Å². The number of carbonyl (C=O) groups excluding carboxylic acids is 1. The molecule has 1 N–H and O–H groups in total. The van der Waals surface area contributed by atoms with Gasteiger partial charge >= 0.3 is 5.97 Å². The van der Waals surface area contributed by atoms with Gasteiger partial charge in [0, 0.05) is 32.7 Å². The predicted octanol–water partition coefficient (Wildman–Crippen LogP) is 1.58. The van der Waals surface area contributed by atoms with Crippen molar-refractivity contribution >= 4 is 11.9 Å². The number of hydrogen-bond acceptors (Lipinski definition) is 4. The average Bonchev–Trinajstić information content (AvgIpc) is 2.95. The third kappa shape index (κ3) is 4.83. The maximum Gasteiger partial charge on any atom is 0.320 e. The molecule has 142 valence electrons. The first-order valence-corrected chi connectivity index (χ1v) is 9.55. The second-order valence-electron chi connectivity index (χ2n) is 7.46. The Morgan fingerprint density at radius 3 is 2.54 bits per heavy atom. The van der Waals surface area contributed by atoms with Crippen LogP contribution in [0, 0.1) is 6.92 Å². The smallest absolute Gasteiger partial charge is 0.320 e. The summed E-state index contributed by atoms with van der Waals surface area (Å²) < 4.78 is 0. The monoisotopic (exact) mass is 359 g/mol. The summed E-state index contributed by atoms with van der Waals surface area (Å²) in [6.45, 7) is 7.27. The van der Waals surface area contributed by atoms with Crippen LogP contribution in [0.15, 0.2) is 24.3 Å². The Kier molecular flexibility index (Phi) is 6.27. The molecule has 2 saturated heterocycles. The second-order valence-corrected chi connectivity index (χ2v) is 7.46. The molecule has 1 amide bonds. The number of carboxylic acids is 1. The fourth-order valence-electron chi connectivity index (χ4n) is 3.90. The fourth-order valence-corrected chi connectivity index (χ4v) is 3.90. The number of hydrogen-bond donors (Lipinski definition) is 1. The molecule has 0 aromatic heterocycles. The van der Waals surface area contributed by atoms with E-state index in [9.17, 15) is 14.7 Å². The van der Waals surface area contributed by atoms with Crippen molar-refractivity contribution in [2.24, 2.45) is 0 Å². The summed E-state index contributed by atoms with van der Waals surface area (Å²) in [6, 6.07) is 8.12. The van der Waals surface area contributed by atoms with Crippen molar-refractivity contribution in [2.75, 3.05) is 39.3 Å². The van der Waals surface area contributed by atoms with Gasteiger partial charge in [-0.15, -0.1) is 0 Å². The van der Waals surface area contributed by atoms with E-state index in [2.05, 4.69) is 36.1 Å². The summed E-state index contributed by atoms with van der Waals surface area (Å²) in [7, 11) is 0. The second kappa shape index (κ2) is 8.64. The van der Waals surface area contributed by atoms with Crippen LogP contribution >= 0.6 is 0 Å². The lowest BCUT2D eigenvalue weighted by molar-refractivity contribution is -0.143. The van der Waals surface area contributed by atoms with Gasteiger partial charge in [-0.2, -0.15) is 0 Å². The Morgan fingerprint density at radius 1 is 1.04 bits per heavy atom. The molecule has 3 rings (SSSR count). The molecule has 0 spiro atoms. The van der Waals surface area contributed by atoms with E-state index in [1.165, 1.54) is 11.1 Å². The highest BCUT2D eigenvalue weighted by Crippen LogP contribution is 2.18. The molecule has 0 aliphatic carbocycles. The molecule has 26 heavy (non-hydrogen) atoms. The molecule has 1 atom stereocenters. The molecule has 2 aliphatic heterocycles. The van der Waals surface area contributed by atoms with E-state index in [4.69, 9.17) is 0 Å². The third-order valence-electron chi connectivity index (χ3n) is 5.46. The lowest BCUT2D eigenvalue weighted by atomic mass is 10.1. The van der Waals surface area contributed by atoms with Crippen molar-refractivity contribution < 1.29 is 14.7 Å². The topological polar surface area (TPSA) is 64.1 Å². The number of nitrogens with zero attached hydrogens (tertiary/aromatic N) is 3. The summed E-state index contributed by atoms with van der Waals surface area (Å²) in [6.07, 6.45) is 2.46. The van der Waals surface area contributed by atoms with Gasteiger partial charge in [-0.05, 0) is 38.3 Å². The van der Waals surface area contributed by atoms with Crippen LogP contribution in [0.25, 0.3) is 0 Å². The molecule has 2 aliphatic rings. The van der Waals surface area contributed by atoms with Gasteiger partial charge in [-0.1, -0.05) is 29.8 Å². The molecule has 1 aromatic carbocycles. The van der Waals surface area contributed by atoms with Crippen molar-refractivity contribution in [3.05, 3.63) is 35.4 Å². The first kappa shape index (κ1) is 18.9. The van der Waals surface area contributed by atoms with E-state index < -0.39 is 12.0 Å². The van der Waals surface area contributed by atoms with Gasteiger partial charge in [0.2, 0.25) is 5.91 Å². The van der Waals surface area contributed by atoms with Crippen LogP contribution in [0.4, 0.5) is 0 Å². The first-order valence-electron chi connectivity index (χ1n) is 9.55. The van der Waals surface area contributed by atoms with Crippen molar-refractivity contribution in [2.45, 2.75) is 38.8 Å². The van der Waals surface area contributed by atoms with E-state index in [0.717, 1.165) is 45.6 Å². The molecule has 2 heterocycles. The van der Waals surface area contributed by atoms with Crippen LogP contribution in [-0.2, 0) is 16.1 Å². The Bertz CT molecular complexity index is 632. The molecule has 6 nitrogen and oxygen atoms in total. The van der Waals surface area contributed by atoms with E-state index in [0.29, 0.717) is 13.0 Å². The highest BCUT2D eigenvalue weighted by molar-refractivity contribution is 5.80. The lowest BCUT2D eigenvalue weighted by Gasteiger charge is -2.26. The van der Waals surface area contributed by atoms with Crippen LogP contribution in [0.2, 0.25) is 0 Å². The van der Waals surface area contributed by atoms with Crippen LogP contribution in [-0.4, -0.2) is 77.0 Å². The standard InChI is InChI=1S/C20H29N3O3/c1-16-5-7-17(8-6-16)14-21-9-3-11-22(13-12-21)19(24)15-23-10-2-4-18(23)20(25)26/h5-8,18H,2-4,9-15H2,1H3,(H,25,26)/t18-/m0/s1. The van der Waals surface area contributed by atoms with Crippen molar-refractivity contribution in [1.82, 2.24) is 14.7 Å². The van der Waals surface area contributed by atoms with Gasteiger partial charge in [0.25, 0.3) is 0 Å².